The fourth-order valence-electron chi connectivity index (χ4n) is 3.89. The molecule has 182 valence electrons. The van der Waals surface area contributed by atoms with E-state index < -0.39 is 17.7 Å². The molecule has 1 aliphatic heterocycles. The number of carboxylic acids is 1. The van der Waals surface area contributed by atoms with Crippen molar-refractivity contribution in [2.75, 3.05) is 6.54 Å². The van der Waals surface area contributed by atoms with Crippen LogP contribution in [0.1, 0.15) is 30.3 Å². The molecule has 2 heterocycles. The molecule has 0 saturated heterocycles. The number of benzene rings is 2. The van der Waals surface area contributed by atoms with Gasteiger partial charge in [0.2, 0.25) is 5.82 Å². The van der Waals surface area contributed by atoms with Gasteiger partial charge in [-0.2, -0.15) is 18.2 Å². The number of allylic oxidation sites excluding steroid dienone is 1. The van der Waals surface area contributed by atoms with Crippen molar-refractivity contribution < 1.29 is 27.6 Å². The molecule has 2 unspecified atom stereocenters. The minimum Gasteiger partial charge on any atom is -0.481 e. The number of carbonyl (C=O) groups is 1. The summed E-state index contributed by atoms with van der Waals surface area (Å²) in [5.74, 6) is -0.821. The molecule has 0 saturated carbocycles. The summed E-state index contributed by atoms with van der Waals surface area (Å²) in [7, 11) is 0. The Morgan fingerprint density at radius 2 is 1.94 bits per heavy atom. The second-order valence-corrected chi connectivity index (χ2v) is 8.30. The molecular formula is C25H23F3N4O3. The maximum absolute atomic E-state index is 13.9. The molecule has 1 aliphatic rings. The monoisotopic (exact) mass is 484 g/mol. The van der Waals surface area contributed by atoms with Gasteiger partial charge in [-0.25, -0.2) is 0 Å². The van der Waals surface area contributed by atoms with Gasteiger partial charge in [-0.05, 0) is 35.7 Å². The van der Waals surface area contributed by atoms with E-state index in [2.05, 4.69) is 20.4 Å². The lowest BCUT2D eigenvalue weighted by Crippen LogP contribution is -2.35. The SMILES string of the molecule is Cc1ccccc1-c1ccc(-c2nc(C3=CC(C)C(NCCC(=O)O)N=C3)no2)cc1C(F)(F)F. The first-order chi connectivity index (χ1) is 16.6. The van der Waals surface area contributed by atoms with Gasteiger partial charge in [-0.3, -0.25) is 15.1 Å². The number of halogens is 3. The number of hydrogen-bond donors (Lipinski definition) is 2. The van der Waals surface area contributed by atoms with Gasteiger partial charge in [-0.1, -0.05) is 48.5 Å². The average Bonchev–Trinajstić information content (AvgIpc) is 3.30. The molecule has 0 spiro atoms. The molecule has 2 aromatic carbocycles. The smallest absolute Gasteiger partial charge is 0.417 e. The van der Waals surface area contributed by atoms with E-state index in [0.717, 1.165) is 11.6 Å². The summed E-state index contributed by atoms with van der Waals surface area (Å²) in [5.41, 5.74) is 1.25. The summed E-state index contributed by atoms with van der Waals surface area (Å²) in [6.07, 6.45) is -1.51. The van der Waals surface area contributed by atoms with Crippen LogP contribution < -0.4 is 5.32 Å². The average molecular weight is 484 g/mol. The van der Waals surface area contributed by atoms with Gasteiger partial charge in [0.1, 0.15) is 6.17 Å². The summed E-state index contributed by atoms with van der Waals surface area (Å²) >= 11 is 0. The van der Waals surface area contributed by atoms with Crippen molar-refractivity contribution in [2.24, 2.45) is 10.9 Å². The fourth-order valence-corrected chi connectivity index (χ4v) is 3.89. The third-order valence-corrected chi connectivity index (χ3v) is 5.70. The lowest BCUT2D eigenvalue weighted by molar-refractivity contribution is -0.137. The summed E-state index contributed by atoms with van der Waals surface area (Å²) in [6.45, 7) is 3.94. The van der Waals surface area contributed by atoms with E-state index >= 15 is 0 Å². The molecule has 0 bridgehead atoms. The molecule has 2 N–H and O–H groups in total. The van der Waals surface area contributed by atoms with Crippen LogP contribution in [0, 0.1) is 12.8 Å². The first kappa shape index (κ1) is 24.3. The zero-order chi connectivity index (χ0) is 25.2. The van der Waals surface area contributed by atoms with Crippen molar-refractivity contribution >= 4 is 17.8 Å². The van der Waals surface area contributed by atoms with E-state index in [1.807, 2.05) is 13.0 Å². The first-order valence-corrected chi connectivity index (χ1v) is 11.0. The molecule has 0 amide bonds. The van der Waals surface area contributed by atoms with Crippen molar-refractivity contribution in [1.82, 2.24) is 15.5 Å². The molecule has 1 aromatic heterocycles. The second-order valence-electron chi connectivity index (χ2n) is 8.30. The zero-order valence-corrected chi connectivity index (χ0v) is 19.0. The van der Waals surface area contributed by atoms with Crippen LogP contribution in [0.3, 0.4) is 0 Å². The Bertz CT molecular complexity index is 1300. The van der Waals surface area contributed by atoms with Crippen LogP contribution in [-0.2, 0) is 11.0 Å². The van der Waals surface area contributed by atoms with E-state index in [4.69, 9.17) is 9.63 Å². The molecule has 0 aliphatic carbocycles. The van der Waals surface area contributed by atoms with Crippen LogP contribution in [0.15, 0.2) is 58.1 Å². The van der Waals surface area contributed by atoms with Crippen LogP contribution in [0.2, 0.25) is 0 Å². The Balaban J connectivity index is 1.59. The van der Waals surface area contributed by atoms with Crippen LogP contribution in [0.25, 0.3) is 28.2 Å². The molecule has 2 atom stereocenters. The van der Waals surface area contributed by atoms with Crippen molar-refractivity contribution in [1.29, 1.82) is 0 Å². The molecular weight excluding hydrogens is 461 g/mol. The van der Waals surface area contributed by atoms with Gasteiger partial charge in [0.25, 0.3) is 5.89 Å². The second kappa shape index (κ2) is 9.83. The van der Waals surface area contributed by atoms with Crippen LogP contribution in [-0.4, -0.2) is 40.1 Å². The number of carboxylic acid groups (broad SMARTS) is 1. The van der Waals surface area contributed by atoms with Gasteiger partial charge in [0, 0.05) is 29.8 Å². The number of nitrogens with zero attached hydrogens (tertiary/aromatic N) is 3. The van der Waals surface area contributed by atoms with Crippen molar-refractivity contribution in [3.05, 3.63) is 65.5 Å². The number of aryl methyl sites for hydroxylation is 1. The summed E-state index contributed by atoms with van der Waals surface area (Å²) in [6, 6.07) is 10.9. The Kier molecular flexibility index (Phi) is 6.83. The topological polar surface area (TPSA) is 101 Å². The van der Waals surface area contributed by atoms with Gasteiger partial charge in [0.15, 0.2) is 0 Å². The highest BCUT2D eigenvalue weighted by Crippen LogP contribution is 2.40. The van der Waals surface area contributed by atoms with Gasteiger partial charge in [0.05, 0.1) is 12.0 Å². The van der Waals surface area contributed by atoms with Crippen molar-refractivity contribution in [3.63, 3.8) is 0 Å². The third-order valence-electron chi connectivity index (χ3n) is 5.70. The number of hydrogen-bond acceptors (Lipinski definition) is 6. The van der Waals surface area contributed by atoms with Crippen LogP contribution in [0.4, 0.5) is 13.2 Å². The number of rotatable bonds is 7. The highest BCUT2D eigenvalue weighted by Gasteiger charge is 2.35. The molecule has 7 nitrogen and oxygen atoms in total. The normalized spacial score (nSPS) is 17.9. The molecule has 4 rings (SSSR count). The van der Waals surface area contributed by atoms with Crippen molar-refractivity contribution in [2.45, 2.75) is 32.6 Å². The summed E-state index contributed by atoms with van der Waals surface area (Å²) in [4.78, 5) is 19.3. The van der Waals surface area contributed by atoms with E-state index in [0.29, 0.717) is 11.1 Å². The lowest BCUT2D eigenvalue weighted by atomic mass is 9.94. The van der Waals surface area contributed by atoms with Gasteiger partial charge < -0.3 is 9.63 Å². The Morgan fingerprint density at radius 3 is 2.63 bits per heavy atom. The number of alkyl halides is 3. The largest absolute Gasteiger partial charge is 0.481 e. The Morgan fingerprint density at radius 1 is 1.17 bits per heavy atom. The van der Waals surface area contributed by atoms with Gasteiger partial charge >= 0.3 is 12.1 Å². The Hall–Kier alpha value is -3.79. The van der Waals surface area contributed by atoms with Crippen LogP contribution >= 0.6 is 0 Å². The number of nitrogens with one attached hydrogen (secondary N) is 1. The maximum atomic E-state index is 13.9. The van der Waals surface area contributed by atoms with Gasteiger partial charge in [-0.15, -0.1) is 0 Å². The lowest BCUT2D eigenvalue weighted by Gasteiger charge is -2.22. The highest BCUT2D eigenvalue weighted by atomic mass is 19.4. The minimum absolute atomic E-state index is 0.0218. The Labute approximate surface area is 199 Å². The summed E-state index contributed by atoms with van der Waals surface area (Å²) in [5, 5.41) is 15.7. The molecule has 0 radical (unpaired) electrons. The quantitative estimate of drug-likeness (QED) is 0.477. The molecule has 3 aromatic rings. The number of dihydropyridines is 1. The maximum Gasteiger partial charge on any atom is 0.417 e. The molecule has 10 heteroatoms. The number of aliphatic imine (C=N–C) groups is 1. The fraction of sp³-hybridized carbons (Fsp3) is 0.280. The number of aliphatic carboxylic acids is 1. The zero-order valence-electron chi connectivity index (χ0n) is 19.0. The minimum atomic E-state index is -4.58. The molecule has 0 fully saturated rings. The van der Waals surface area contributed by atoms with E-state index in [1.165, 1.54) is 18.3 Å². The van der Waals surface area contributed by atoms with Crippen LogP contribution in [0.5, 0.6) is 0 Å². The van der Waals surface area contributed by atoms with E-state index in [-0.39, 0.29) is 47.9 Å². The third kappa shape index (κ3) is 5.48. The van der Waals surface area contributed by atoms with Crippen molar-refractivity contribution in [3.8, 4) is 22.6 Å². The van der Waals surface area contributed by atoms with E-state index in [1.54, 1.807) is 31.2 Å². The highest BCUT2D eigenvalue weighted by molar-refractivity contribution is 6.09. The summed E-state index contributed by atoms with van der Waals surface area (Å²) < 4.78 is 47.1. The predicted octanol–water partition coefficient (Wildman–Crippen LogP) is 5.23. The standard InChI is InChI=1S/C25H23F3N4O3/c1-14-5-3-4-6-18(14)19-8-7-16(12-20(19)25(26,27)28)24-31-23(32-35-24)17-11-15(2)22(30-13-17)29-10-9-21(33)34/h3-8,11-13,15,22,29H,9-10H2,1-2H3,(H,33,34). The number of aromatic nitrogens is 2. The molecule has 35 heavy (non-hydrogen) atoms. The van der Waals surface area contributed by atoms with E-state index in [9.17, 15) is 18.0 Å². The predicted molar refractivity (Wildman–Crippen MR) is 125 cm³/mol. The first-order valence-electron chi connectivity index (χ1n) is 11.0.